The normalized spacial score (nSPS) is 11.0. The average molecular weight is 392 g/mol. The van der Waals surface area contributed by atoms with E-state index in [1.54, 1.807) is 6.20 Å². The standard InChI is InChI=1S/C22H18F2N4O/c1-13-4-3-5-15(10-13)17-8-9-25-22-21(17)14(2)27-28(22)12-20(29)26-19-11-16(23)6-7-18(19)24/h3-11H,12H2,1-2H3,(H,26,29). The van der Waals surface area contributed by atoms with Crippen molar-refractivity contribution in [2.45, 2.75) is 20.4 Å². The molecule has 7 heteroatoms. The van der Waals surface area contributed by atoms with Gasteiger partial charge in [0.05, 0.1) is 11.4 Å². The van der Waals surface area contributed by atoms with Gasteiger partial charge in [-0.25, -0.2) is 18.4 Å². The van der Waals surface area contributed by atoms with E-state index in [-0.39, 0.29) is 12.2 Å². The van der Waals surface area contributed by atoms with Crippen LogP contribution in [0.15, 0.2) is 54.7 Å². The Labute approximate surface area is 166 Å². The van der Waals surface area contributed by atoms with Crippen LogP contribution in [0.2, 0.25) is 0 Å². The Hall–Kier alpha value is -3.61. The van der Waals surface area contributed by atoms with Gasteiger partial charge in [-0.05, 0) is 43.2 Å². The van der Waals surface area contributed by atoms with Gasteiger partial charge in [-0.2, -0.15) is 5.10 Å². The topological polar surface area (TPSA) is 59.8 Å². The Bertz CT molecular complexity index is 1230. The molecule has 0 bridgehead atoms. The Balaban J connectivity index is 1.68. The van der Waals surface area contributed by atoms with E-state index >= 15 is 0 Å². The van der Waals surface area contributed by atoms with Gasteiger partial charge >= 0.3 is 0 Å². The highest BCUT2D eigenvalue weighted by molar-refractivity contribution is 5.96. The summed E-state index contributed by atoms with van der Waals surface area (Å²) in [5.41, 5.74) is 4.21. The number of anilines is 1. The first-order valence-electron chi connectivity index (χ1n) is 9.06. The smallest absolute Gasteiger partial charge is 0.246 e. The lowest BCUT2D eigenvalue weighted by molar-refractivity contribution is -0.116. The molecule has 0 aliphatic heterocycles. The van der Waals surface area contributed by atoms with Crippen LogP contribution in [-0.4, -0.2) is 20.7 Å². The van der Waals surface area contributed by atoms with Gasteiger partial charge in [-0.3, -0.25) is 4.79 Å². The van der Waals surface area contributed by atoms with E-state index in [1.807, 2.05) is 38.1 Å². The quantitative estimate of drug-likeness (QED) is 0.551. The molecule has 146 valence electrons. The molecule has 0 aliphatic carbocycles. The molecule has 2 aromatic carbocycles. The number of amides is 1. The molecular weight excluding hydrogens is 374 g/mol. The van der Waals surface area contributed by atoms with Crippen molar-refractivity contribution < 1.29 is 13.6 Å². The van der Waals surface area contributed by atoms with Crippen LogP contribution in [0.4, 0.5) is 14.5 Å². The highest BCUT2D eigenvalue weighted by Gasteiger charge is 2.17. The first kappa shape index (κ1) is 18.7. The summed E-state index contributed by atoms with van der Waals surface area (Å²) in [6.45, 7) is 3.70. The lowest BCUT2D eigenvalue weighted by Crippen LogP contribution is -2.20. The summed E-state index contributed by atoms with van der Waals surface area (Å²) in [5.74, 6) is -1.87. The Kier molecular flexibility index (Phi) is 4.80. The molecule has 0 saturated carbocycles. The molecule has 0 fully saturated rings. The minimum Gasteiger partial charge on any atom is -0.322 e. The van der Waals surface area contributed by atoms with Gasteiger partial charge in [0.1, 0.15) is 18.2 Å². The highest BCUT2D eigenvalue weighted by Crippen LogP contribution is 2.30. The molecule has 5 nitrogen and oxygen atoms in total. The number of nitrogens with zero attached hydrogens (tertiary/aromatic N) is 3. The number of rotatable bonds is 4. The number of aryl methyl sites for hydroxylation is 2. The third-order valence-corrected chi connectivity index (χ3v) is 4.63. The first-order chi connectivity index (χ1) is 13.9. The van der Waals surface area contributed by atoms with Crippen LogP contribution in [0.5, 0.6) is 0 Å². The molecule has 0 radical (unpaired) electrons. The molecule has 0 aliphatic rings. The largest absolute Gasteiger partial charge is 0.322 e. The van der Waals surface area contributed by atoms with Crippen LogP contribution in [0, 0.1) is 25.5 Å². The molecule has 4 aromatic rings. The molecule has 2 aromatic heterocycles. The summed E-state index contributed by atoms with van der Waals surface area (Å²) in [7, 11) is 0. The number of pyridine rings is 1. The second-order valence-corrected chi connectivity index (χ2v) is 6.84. The maximum atomic E-state index is 13.8. The van der Waals surface area contributed by atoms with E-state index in [4.69, 9.17) is 0 Å². The fraction of sp³-hybridized carbons (Fsp3) is 0.136. The molecule has 0 unspecified atom stereocenters. The van der Waals surface area contributed by atoms with Crippen LogP contribution < -0.4 is 5.32 Å². The number of benzene rings is 2. The Morgan fingerprint density at radius 1 is 1.10 bits per heavy atom. The van der Waals surface area contributed by atoms with E-state index in [0.29, 0.717) is 5.65 Å². The zero-order valence-corrected chi connectivity index (χ0v) is 15.9. The summed E-state index contributed by atoms with van der Waals surface area (Å²) in [6.07, 6.45) is 1.67. The van der Waals surface area contributed by atoms with E-state index < -0.39 is 17.5 Å². The van der Waals surface area contributed by atoms with Crippen molar-refractivity contribution in [1.29, 1.82) is 0 Å². The minimum atomic E-state index is -0.707. The van der Waals surface area contributed by atoms with Crippen molar-refractivity contribution in [1.82, 2.24) is 14.8 Å². The monoisotopic (exact) mass is 392 g/mol. The summed E-state index contributed by atoms with van der Waals surface area (Å²) < 4.78 is 28.6. The lowest BCUT2D eigenvalue weighted by atomic mass is 10.0. The molecule has 0 atom stereocenters. The van der Waals surface area contributed by atoms with Crippen molar-refractivity contribution in [3.8, 4) is 11.1 Å². The van der Waals surface area contributed by atoms with Crippen LogP contribution in [0.1, 0.15) is 11.3 Å². The molecule has 0 saturated heterocycles. The Morgan fingerprint density at radius 2 is 1.93 bits per heavy atom. The maximum absolute atomic E-state index is 13.8. The van der Waals surface area contributed by atoms with Crippen molar-refractivity contribution in [2.75, 3.05) is 5.32 Å². The van der Waals surface area contributed by atoms with Gasteiger partial charge in [0, 0.05) is 17.6 Å². The molecule has 1 N–H and O–H groups in total. The number of hydrogen-bond donors (Lipinski definition) is 1. The Morgan fingerprint density at radius 3 is 2.72 bits per heavy atom. The summed E-state index contributed by atoms with van der Waals surface area (Å²) in [4.78, 5) is 16.8. The number of carbonyl (C=O) groups is 1. The number of hydrogen-bond acceptors (Lipinski definition) is 3. The minimum absolute atomic E-state index is 0.176. The van der Waals surface area contributed by atoms with E-state index in [2.05, 4.69) is 21.5 Å². The van der Waals surface area contributed by atoms with Crippen LogP contribution in [0.25, 0.3) is 22.2 Å². The number of halogens is 2. The van der Waals surface area contributed by atoms with Crippen LogP contribution >= 0.6 is 0 Å². The van der Waals surface area contributed by atoms with Gasteiger partial charge in [-0.15, -0.1) is 0 Å². The molecule has 4 rings (SSSR count). The van der Waals surface area contributed by atoms with Gasteiger partial charge < -0.3 is 5.32 Å². The predicted octanol–water partition coefficient (Wildman–Crippen LogP) is 4.63. The van der Waals surface area contributed by atoms with Crippen molar-refractivity contribution >= 4 is 22.6 Å². The third kappa shape index (κ3) is 3.71. The van der Waals surface area contributed by atoms with Crippen molar-refractivity contribution in [2.24, 2.45) is 0 Å². The highest BCUT2D eigenvalue weighted by atomic mass is 19.1. The average Bonchev–Trinajstić information content (AvgIpc) is 3.00. The number of nitrogens with one attached hydrogen (secondary N) is 1. The second-order valence-electron chi connectivity index (χ2n) is 6.84. The zero-order chi connectivity index (χ0) is 20.5. The third-order valence-electron chi connectivity index (χ3n) is 4.63. The van der Waals surface area contributed by atoms with Crippen molar-refractivity contribution in [3.63, 3.8) is 0 Å². The van der Waals surface area contributed by atoms with E-state index in [0.717, 1.165) is 46.0 Å². The van der Waals surface area contributed by atoms with E-state index in [9.17, 15) is 13.6 Å². The lowest BCUT2D eigenvalue weighted by Gasteiger charge is -2.08. The van der Waals surface area contributed by atoms with Crippen LogP contribution in [-0.2, 0) is 11.3 Å². The fourth-order valence-electron chi connectivity index (χ4n) is 3.36. The fourth-order valence-corrected chi connectivity index (χ4v) is 3.36. The van der Waals surface area contributed by atoms with Gasteiger partial charge in [-0.1, -0.05) is 29.8 Å². The van der Waals surface area contributed by atoms with Crippen LogP contribution in [0.3, 0.4) is 0 Å². The zero-order valence-electron chi connectivity index (χ0n) is 15.9. The summed E-state index contributed by atoms with van der Waals surface area (Å²) in [5, 5.41) is 7.68. The summed E-state index contributed by atoms with van der Waals surface area (Å²) in [6, 6.07) is 12.9. The van der Waals surface area contributed by atoms with Crippen molar-refractivity contribution in [3.05, 3.63) is 77.6 Å². The summed E-state index contributed by atoms with van der Waals surface area (Å²) >= 11 is 0. The molecule has 0 spiro atoms. The van der Waals surface area contributed by atoms with Gasteiger partial charge in [0.2, 0.25) is 5.91 Å². The number of fused-ring (bicyclic) bond motifs is 1. The number of aromatic nitrogens is 3. The second kappa shape index (κ2) is 7.43. The first-order valence-corrected chi connectivity index (χ1v) is 9.06. The number of carbonyl (C=O) groups excluding carboxylic acids is 1. The molecule has 29 heavy (non-hydrogen) atoms. The van der Waals surface area contributed by atoms with Gasteiger partial charge in [0.25, 0.3) is 0 Å². The van der Waals surface area contributed by atoms with Gasteiger partial charge in [0.15, 0.2) is 5.65 Å². The molecule has 1 amide bonds. The predicted molar refractivity (Wildman–Crippen MR) is 107 cm³/mol. The SMILES string of the molecule is Cc1cccc(-c2ccnc3c2c(C)nn3CC(=O)Nc2cc(F)ccc2F)c1. The van der Waals surface area contributed by atoms with E-state index in [1.165, 1.54) is 4.68 Å². The maximum Gasteiger partial charge on any atom is 0.246 e. The molecular formula is C22H18F2N4O. The molecule has 2 heterocycles.